The van der Waals surface area contributed by atoms with Gasteiger partial charge in [0.05, 0.1) is 0 Å². The molecule has 0 aliphatic rings. The molecule has 19 heavy (non-hydrogen) atoms. The van der Waals surface area contributed by atoms with E-state index >= 15 is 0 Å². The van der Waals surface area contributed by atoms with E-state index in [2.05, 4.69) is 72.7 Å². The van der Waals surface area contributed by atoms with E-state index in [1.54, 1.807) is 0 Å². The standard InChI is InChI=1S/C17H38N2/c1-10-11-17(8,12-18-16(5,6)7)13-19(9)15(4)14(2)3/h14-15,18H,10-13H2,1-9H3. The highest BCUT2D eigenvalue weighted by Crippen LogP contribution is 2.26. The van der Waals surface area contributed by atoms with Crippen LogP contribution in [0.15, 0.2) is 0 Å². The maximum Gasteiger partial charge on any atom is 0.00967 e. The normalized spacial score (nSPS) is 17.8. The van der Waals surface area contributed by atoms with Gasteiger partial charge >= 0.3 is 0 Å². The van der Waals surface area contributed by atoms with Crippen molar-refractivity contribution in [2.24, 2.45) is 11.3 Å². The van der Waals surface area contributed by atoms with Crippen LogP contribution in [-0.2, 0) is 0 Å². The van der Waals surface area contributed by atoms with Crippen LogP contribution in [0.1, 0.15) is 68.2 Å². The molecule has 0 rings (SSSR count). The van der Waals surface area contributed by atoms with Crippen LogP contribution in [0.3, 0.4) is 0 Å². The van der Waals surface area contributed by atoms with Gasteiger partial charge in [-0.1, -0.05) is 34.1 Å². The molecule has 2 heteroatoms. The zero-order valence-electron chi connectivity index (χ0n) is 14.9. The predicted molar refractivity (Wildman–Crippen MR) is 87.7 cm³/mol. The fourth-order valence-corrected chi connectivity index (χ4v) is 2.56. The molecule has 116 valence electrons. The first-order valence-electron chi connectivity index (χ1n) is 7.96. The molecule has 0 radical (unpaired) electrons. The molecule has 0 saturated carbocycles. The van der Waals surface area contributed by atoms with E-state index in [1.807, 2.05) is 0 Å². The lowest BCUT2D eigenvalue weighted by molar-refractivity contribution is 0.115. The van der Waals surface area contributed by atoms with Crippen LogP contribution in [0, 0.1) is 11.3 Å². The Hall–Kier alpha value is -0.0800. The molecule has 2 unspecified atom stereocenters. The van der Waals surface area contributed by atoms with Crippen molar-refractivity contribution in [2.45, 2.75) is 79.8 Å². The quantitative estimate of drug-likeness (QED) is 0.712. The maximum atomic E-state index is 3.69. The summed E-state index contributed by atoms with van der Waals surface area (Å²) in [5.74, 6) is 0.714. The molecule has 0 bridgehead atoms. The van der Waals surface area contributed by atoms with Gasteiger partial charge in [0, 0.05) is 24.7 Å². The Kier molecular flexibility index (Phi) is 7.60. The highest BCUT2D eigenvalue weighted by atomic mass is 15.1. The van der Waals surface area contributed by atoms with Crippen molar-refractivity contribution in [3.05, 3.63) is 0 Å². The predicted octanol–water partition coefficient (Wildman–Crippen LogP) is 4.16. The van der Waals surface area contributed by atoms with E-state index in [0.29, 0.717) is 17.4 Å². The smallest absolute Gasteiger partial charge is 0.00967 e. The molecule has 0 heterocycles. The van der Waals surface area contributed by atoms with Gasteiger partial charge in [-0.05, 0) is 52.5 Å². The molecule has 0 amide bonds. The summed E-state index contributed by atoms with van der Waals surface area (Å²) in [5.41, 5.74) is 0.567. The lowest BCUT2D eigenvalue weighted by Crippen LogP contribution is -2.49. The summed E-state index contributed by atoms with van der Waals surface area (Å²) >= 11 is 0. The van der Waals surface area contributed by atoms with Crippen molar-refractivity contribution in [1.29, 1.82) is 0 Å². The van der Waals surface area contributed by atoms with Crippen molar-refractivity contribution < 1.29 is 0 Å². The third kappa shape index (κ3) is 7.94. The summed E-state index contributed by atoms with van der Waals surface area (Å²) in [6.45, 7) is 20.7. The zero-order chi connectivity index (χ0) is 15.3. The van der Waals surface area contributed by atoms with E-state index in [1.165, 1.54) is 19.4 Å². The largest absolute Gasteiger partial charge is 0.311 e. The van der Waals surface area contributed by atoms with Crippen molar-refractivity contribution in [3.63, 3.8) is 0 Å². The molecule has 0 aromatic rings. The number of nitrogens with one attached hydrogen (secondary N) is 1. The van der Waals surface area contributed by atoms with Gasteiger partial charge in [0.25, 0.3) is 0 Å². The highest BCUT2D eigenvalue weighted by Gasteiger charge is 2.28. The lowest BCUT2D eigenvalue weighted by Gasteiger charge is -2.39. The third-order valence-electron chi connectivity index (χ3n) is 4.19. The first kappa shape index (κ1) is 18.9. The number of rotatable bonds is 8. The molecule has 0 aromatic carbocycles. The zero-order valence-corrected chi connectivity index (χ0v) is 14.9. The second kappa shape index (κ2) is 7.64. The summed E-state index contributed by atoms with van der Waals surface area (Å²) in [5, 5.41) is 3.69. The molecule has 0 aliphatic carbocycles. The Morgan fingerprint density at radius 1 is 1.05 bits per heavy atom. The van der Waals surface area contributed by atoms with Gasteiger partial charge in [0.1, 0.15) is 0 Å². The molecule has 0 spiro atoms. The number of hydrogen-bond donors (Lipinski definition) is 1. The van der Waals surface area contributed by atoms with Crippen LogP contribution in [-0.4, -0.2) is 36.6 Å². The molecule has 2 nitrogen and oxygen atoms in total. The van der Waals surface area contributed by atoms with E-state index < -0.39 is 0 Å². The monoisotopic (exact) mass is 270 g/mol. The first-order valence-corrected chi connectivity index (χ1v) is 7.96. The van der Waals surface area contributed by atoms with Crippen molar-refractivity contribution in [1.82, 2.24) is 10.2 Å². The van der Waals surface area contributed by atoms with Crippen LogP contribution in [0.4, 0.5) is 0 Å². The van der Waals surface area contributed by atoms with Gasteiger partial charge < -0.3 is 10.2 Å². The Morgan fingerprint density at radius 2 is 1.58 bits per heavy atom. The topological polar surface area (TPSA) is 15.3 Å². The molecular formula is C17H38N2. The average Bonchev–Trinajstić information content (AvgIpc) is 2.24. The summed E-state index contributed by atoms with van der Waals surface area (Å²) in [4.78, 5) is 2.53. The van der Waals surface area contributed by atoms with Crippen molar-refractivity contribution in [2.75, 3.05) is 20.1 Å². The second-order valence-corrected chi connectivity index (χ2v) is 8.06. The van der Waals surface area contributed by atoms with Crippen molar-refractivity contribution >= 4 is 0 Å². The number of hydrogen-bond acceptors (Lipinski definition) is 2. The average molecular weight is 271 g/mol. The van der Waals surface area contributed by atoms with E-state index in [9.17, 15) is 0 Å². The summed E-state index contributed by atoms with van der Waals surface area (Å²) in [6.07, 6.45) is 2.54. The first-order chi connectivity index (χ1) is 8.51. The fourth-order valence-electron chi connectivity index (χ4n) is 2.56. The third-order valence-corrected chi connectivity index (χ3v) is 4.19. The molecule has 1 N–H and O–H groups in total. The van der Waals surface area contributed by atoms with Crippen LogP contribution < -0.4 is 5.32 Å². The second-order valence-electron chi connectivity index (χ2n) is 8.06. The minimum Gasteiger partial charge on any atom is -0.311 e. The van der Waals surface area contributed by atoms with E-state index in [-0.39, 0.29) is 5.54 Å². The molecule has 0 aromatic heterocycles. The van der Waals surface area contributed by atoms with Crippen LogP contribution in [0.25, 0.3) is 0 Å². The van der Waals surface area contributed by atoms with Gasteiger partial charge in [-0.15, -0.1) is 0 Å². The lowest BCUT2D eigenvalue weighted by atomic mass is 9.83. The van der Waals surface area contributed by atoms with Gasteiger partial charge in [-0.3, -0.25) is 0 Å². The number of nitrogens with zero attached hydrogens (tertiary/aromatic N) is 1. The minimum absolute atomic E-state index is 0.206. The molecule has 0 saturated heterocycles. The Balaban J connectivity index is 4.61. The molecular weight excluding hydrogens is 232 g/mol. The van der Waals surface area contributed by atoms with E-state index in [0.717, 1.165) is 6.54 Å². The Bertz CT molecular complexity index is 242. The summed E-state index contributed by atoms with van der Waals surface area (Å²) in [6, 6.07) is 0.644. The van der Waals surface area contributed by atoms with Crippen molar-refractivity contribution in [3.8, 4) is 0 Å². The van der Waals surface area contributed by atoms with Crippen LogP contribution >= 0.6 is 0 Å². The minimum atomic E-state index is 0.206. The van der Waals surface area contributed by atoms with Crippen LogP contribution in [0.5, 0.6) is 0 Å². The van der Waals surface area contributed by atoms with Gasteiger partial charge in [0.15, 0.2) is 0 Å². The van der Waals surface area contributed by atoms with E-state index in [4.69, 9.17) is 0 Å². The van der Waals surface area contributed by atoms with Gasteiger partial charge in [-0.2, -0.15) is 0 Å². The SMILES string of the molecule is CCCC(C)(CNC(C)(C)C)CN(C)C(C)C(C)C. The molecule has 2 atom stereocenters. The van der Waals surface area contributed by atoms with Gasteiger partial charge in [0.2, 0.25) is 0 Å². The molecule has 0 aliphatic heterocycles. The fraction of sp³-hybridized carbons (Fsp3) is 1.00. The van der Waals surface area contributed by atoms with Gasteiger partial charge in [-0.25, -0.2) is 0 Å². The molecule has 0 fully saturated rings. The highest BCUT2D eigenvalue weighted by molar-refractivity contribution is 4.85. The maximum absolute atomic E-state index is 3.69. The van der Waals surface area contributed by atoms with Crippen LogP contribution in [0.2, 0.25) is 0 Å². The summed E-state index contributed by atoms with van der Waals surface area (Å²) < 4.78 is 0. The Morgan fingerprint density at radius 3 is 1.95 bits per heavy atom. The Labute approximate surface area is 122 Å². The summed E-state index contributed by atoms with van der Waals surface area (Å²) in [7, 11) is 2.27.